The van der Waals surface area contributed by atoms with Gasteiger partial charge in [-0.3, -0.25) is 0 Å². The van der Waals surface area contributed by atoms with Crippen molar-refractivity contribution in [2.45, 2.75) is 56.8 Å². The summed E-state index contributed by atoms with van der Waals surface area (Å²) >= 11 is 1.72. The first kappa shape index (κ1) is 33.6. The summed E-state index contributed by atoms with van der Waals surface area (Å²) in [7, 11) is 0. The Kier molecular flexibility index (Phi) is 6.89. The summed E-state index contributed by atoms with van der Waals surface area (Å²) in [6, 6.07) is 53.7. The van der Waals surface area contributed by atoms with Gasteiger partial charge in [0.2, 0.25) is 0 Å². The van der Waals surface area contributed by atoms with E-state index in [9.17, 15) is 0 Å². The molecule has 0 N–H and O–H groups in total. The van der Waals surface area contributed by atoms with Crippen LogP contribution in [0, 0.1) is 0 Å². The highest BCUT2D eigenvalue weighted by atomic mass is 32.1. The van der Waals surface area contributed by atoms with E-state index in [1.807, 2.05) is 0 Å². The summed E-state index contributed by atoms with van der Waals surface area (Å²) < 4.78 is 7.95. The lowest BCUT2D eigenvalue weighted by Crippen LogP contribution is -2.28. The summed E-state index contributed by atoms with van der Waals surface area (Å²) in [5, 5.41) is 4.46. The normalized spacial score (nSPS) is 15.9. The molecular formula is C55H40N2OS. The molecule has 0 aliphatic heterocycles. The standard InChI is InChI=1S/C55H40N2OS/c1-54(2)43-24-22-33(28-39(43)41-31-46-40(30-45(41)54)35-16-7-9-20-44(35)55(46)26-11-4-12-27-55)34-23-25-47-42(29-34)36-18-13-19-38(51(36)58-47)52-56-50(32-14-5-3-6-15-32)49-37-17-8-10-21-48(37)59-53(49)57-52/h3,5-10,13-25,28-31H,4,11-12,26-27H2,1-2H3. The van der Waals surface area contributed by atoms with Crippen molar-refractivity contribution in [2.24, 2.45) is 0 Å². The molecule has 0 radical (unpaired) electrons. The van der Waals surface area contributed by atoms with Crippen LogP contribution in [-0.2, 0) is 10.8 Å². The van der Waals surface area contributed by atoms with Gasteiger partial charge in [-0.2, -0.15) is 0 Å². The van der Waals surface area contributed by atoms with Gasteiger partial charge in [0, 0.05) is 42.6 Å². The zero-order chi connectivity index (χ0) is 39.0. The second kappa shape index (κ2) is 12.1. The highest BCUT2D eigenvalue weighted by molar-refractivity contribution is 7.25. The third-order valence-corrected chi connectivity index (χ3v) is 15.2. The molecule has 3 aromatic heterocycles. The van der Waals surface area contributed by atoms with Gasteiger partial charge in [-0.25, -0.2) is 9.97 Å². The summed E-state index contributed by atoms with van der Waals surface area (Å²) in [5.74, 6) is 0.678. The van der Waals surface area contributed by atoms with Crippen LogP contribution in [0.3, 0.4) is 0 Å². The number of benzene rings is 7. The molecule has 7 aromatic carbocycles. The molecule has 0 atom stereocenters. The Hall–Kier alpha value is -6.36. The molecule has 282 valence electrons. The topological polar surface area (TPSA) is 38.9 Å². The van der Waals surface area contributed by atoms with Crippen molar-refractivity contribution in [3.05, 3.63) is 168 Å². The fourth-order valence-corrected chi connectivity index (χ4v) is 12.3. The maximum atomic E-state index is 6.74. The monoisotopic (exact) mass is 776 g/mol. The molecule has 13 rings (SSSR count). The van der Waals surface area contributed by atoms with Gasteiger partial charge in [-0.1, -0.05) is 136 Å². The summed E-state index contributed by atoms with van der Waals surface area (Å²) in [6.07, 6.45) is 6.42. The summed E-state index contributed by atoms with van der Waals surface area (Å²) in [5.41, 5.74) is 18.7. The average molecular weight is 777 g/mol. The predicted octanol–water partition coefficient (Wildman–Crippen LogP) is 15.3. The first-order valence-electron chi connectivity index (χ1n) is 21.1. The van der Waals surface area contributed by atoms with E-state index >= 15 is 0 Å². The van der Waals surface area contributed by atoms with Gasteiger partial charge >= 0.3 is 0 Å². The maximum absolute atomic E-state index is 6.74. The number of furan rings is 1. The predicted molar refractivity (Wildman–Crippen MR) is 245 cm³/mol. The van der Waals surface area contributed by atoms with E-state index < -0.39 is 0 Å². The van der Waals surface area contributed by atoms with E-state index in [1.165, 1.54) is 86.7 Å². The van der Waals surface area contributed by atoms with Gasteiger partial charge in [0.25, 0.3) is 0 Å². The van der Waals surface area contributed by atoms with E-state index in [2.05, 4.69) is 159 Å². The SMILES string of the molecule is CC1(C)c2ccc(-c3ccc4oc5c(-c6nc(-c7ccccc7)c7c(n6)sc6ccccc67)cccc5c4c3)cc2-c2cc3c(cc21)-c1ccccc1C31CCCCC1. The molecule has 0 saturated heterocycles. The molecule has 0 amide bonds. The molecule has 1 saturated carbocycles. The zero-order valence-corrected chi connectivity index (χ0v) is 33.9. The Labute approximate surface area is 347 Å². The smallest absolute Gasteiger partial charge is 0.165 e. The van der Waals surface area contributed by atoms with Crippen LogP contribution in [0.25, 0.3) is 98.3 Å². The van der Waals surface area contributed by atoms with Gasteiger partial charge in [0.05, 0.1) is 11.3 Å². The molecule has 3 nitrogen and oxygen atoms in total. The Morgan fingerprint density at radius 1 is 0.508 bits per heavy atom. The molecule has 1 fully saturated rings. The molecule has 0 unspecified atom stereocenters. The van der Waals surface area contributed by atoms with Crippen LogP contribution >= 0.6 is 11.3 Å². The Balaban J connectivity index is 0.944. The molecule has 3 aliphatic carbocycles. The second-order valence-corrected chi connectivity index (χ2v) is 18.6. The van der Waals surface area contributed by atoms with Crippen molar-refractivity contribution in [3.63, 3.8) is 0 Å². The van der Waals surface area contributed by atoms with Crippen LogP contribution in [0.15, 0.2) is 150 Å². The Morgan fingerprint density at radius 3 is 2.12 bits per heavy atom. The number of hydrogen-bond donors (Lipinski definition) is 0. The van der Waals surface area contributed by atoms with Gasteiger partial charge in [-0.05, 0) is 111 Å². The molecule has 59 heavy (non-hydrogen) atoms. The van der Waals surface area contributed by atoms with Crippen molar-refractivity contribution in [1.29, 1.82) is 0 Å². The Bertz CT molecular complexity index is 3400. The third-order valence-electron chi connectivity index (χ3n) is 14.1. The highest BCUT2D eigenvalue weighted by Gasteiger charge is 2.46. The Morgan fingerprint density at radius 2 is 1.22 bits per heavy atom. The number of aromatic nitrogens is 2. The largest absolute Gasteiger partial charge is 0.455 e. The second-order valence-electron chi connectivity index (χ2n) is 17.6. The number of fused-ring (bicyclic) bond motifs is 14. The summed E-state index contributed by atoms with van der Waals surface area (Å²) in [6.45, 7) is 4.82. The number of nitrogens with zero attached hydrogens (tertiary/aromatic N) is 2. The van der Waals surface area contributed by atoms with Gasteiger partial charge in [-0.15, -0.1) is 11.3 Å². The fraction of sp³-hybridized carbons (Fsp3) is 0.164. The van der Waals surface area contributed by atoms with Crippen LogP contribution in [0.1, 0.15) is 68.2 Å². The maximum Gasteiger partial charge on any atom is 0.165 e. The number of hydrogen-bond acceptors (Lipinski definition) is 4. The average Bonchev–Trinajstić information content (AvgIpc) is 3.99. The van der Waals surface area contributed by atoms with Crippen molar-refractivity contribution in [3.8, 4) is 56.0 Å². The molecule has 3 heterocycles. The number of thiophene rings is 1. The van der Waals surface area contributed by atoms with Crippen molar-refractivity contribution in [1.82, 2.24) is 9.97 Å². The minimum absolute atomic E-state index is 0.0854. The fourth-order valence-electron chi connectivity index (χ4n) is 11.3. The molecule has 3 aliphatic rings. The van der Waals surface area contributed by atoms with Crippen LogP contribution in [0.4, 0.5) is 0 Å². The highest BCUT2D eigenvalue weighted by Crippen LogP contribution is 2.60. The lowest BCUT2D eigenvalue weighted by atomic mass is 9.67. The molecular weight excluding hydrogens is 737 g/mol. The first-order valence-corrected chi connectivity index (χ1v) is 21.9. The van der Waals surface area contributed by atoms with E-state index in [-0.39, 0.29) is 10.8 Å². The number of para-hydroxylation sites is 1. The van der Waals surface area contributed by atoms with Crippen LogP contribution in [0.5, 0.6) is 0 Å². The summed E-state index contributed by atoms with van der Waals surface area (Å²) in [4.78, 5) is 11.5. The van der Waals surface area contributed by atoms with Crippen molar-refractivity contribution < 1.29 is 4.42 Å². The van der Waals surface area contributed by atoms with E-state index in [0.717, 1.165) is 49.0 Å². The third kappa shape index (κ3) is 4.64. The molecule has 0 bridgehead atoms. The molecule has 4 heteroatoms. The van der Waals surface area contributed by atoms with Crippen molar-refractivity contribution in [2.75, 3.05) is 0 Å². The van der Waals surface area contributed by atoms with E-state index in [4.69, 9.17) is 14.4 Å². The van der Waals surface area contributed by atoms with E-state index in [0.29, 0.717) is 5.82 Å². The first-order chi connectivity index (χ1) is 29.0. The van der Waals surface area contributed by atoms with Crippen LogP contribution in [-0.4, -0.2) is 9.97 Å². The molecule has 1 spiro atoms. The lowest BCUT2D eigenvalue weighted by Gasteiger charge is -2.36. The lowest BCUT2D eigenvalue weighted by molar-refractivity contribution is 0.353. The number of rotatable bonds is 3. The van der Waals surface area contributed by atoms with Gasteiger partial charge in [0.1, 0.15) is 16.0 Å². The van der Waals surface area contributed by atoms with E-state index in [1.54, 1.807) is 22.5 Å². The minimum atomic E-state index is -0.0854. The van der Waals surface area contributed by atoms with Crippen LogP contribution in [0.2, 0.25) is 0 Å². The minimum Gasteiger partial charge on any atom is -0.455 e. The zero-order valence-electron chi connectivity index (χ0n) is 33.1. The van der Waals surface area contributed by atoms with Crippen LogP contribution < -0.4 is 0 Å². The quantitative estimate of drug-likeness (QED) is 0.179. The van der Waals surface area contributed by atoms with Crippen molar-refractivity contribution >= 4 is 53.6 Å². The van der Waals surface area contributed by atoms with Gasteiger partial charge in [0.15, 0.2) is 5.82 Å². The molecule has 10 aromatic rings. The van der Waals surface area contributed by atoms with Gasteiger partial charge < -0.3 is 4.42 Å².